The zero-order valence-corrected chi connectivity index (χ0v) is 18.5. The van der Waals surface area contributed by atoms with E-state index in [9.17, 15) is 9.90 Å². The number of rotatable bonds is 9. The van der Waals surface area contributed by atoms with Gasteiger partial charge in [-0.2, -0.15) is 0 Å². The SMILES string of the molecule is CCC/C(O)=C1\C(=O)CC(C)(C)CC1=NCCc1ccc(OCC)c(OCC)c1. The van der Waals surface area contributed by atoms with E-state index in [2.05, 4.69) is 13.8 Å². The third-order valence-electron chi connectivity index (χ3n) is 4.94. The molecule has 0 bridgehead atoms. The fraction of sp³-hybridized carbons (Fsp3) is 0.583. The molecule has 0 aliphatic heterocycles. The molecular weight excluding hydrogens is 366 g/mol. The summed E-state index contributed by atoms with van der Waals surface area (Å²) in [4.78, 5) is 17.4. The average Bonchev–Trinajstić information content (AvgIpc) is 2.63. The summed E-state index contributed by atoms with van der Waals surface area (Å²) in [6, 6.07) is 5.95. The lowest BCUT2D eigenvalue weighted by atomic mass is 9.73. The van der Waals surface area contributed by atoms with Crippen LogP contribution in [0.3, 0.4) is 0 Å². The van der Waals surface area contributed by atoms with Crippen molar-refractivity contribution >= 4 is 11.5 Å². The van der Waals surface area contributed by atoms with Crippen molar-refractivity contribution in [2.45, 2.75) is 66.7 Å². The normalized spacial score (nSPS) is 19.3. The Balaban J connectivity index is 2.20. The van der Waals surface area contributed by atoms with Crippen molar-refractivity contribution in [3.05, 3.63) is 35.1 Å². The fourth-order valence-electron chi connectivity index (χ4n) is 3.68. The van der Waals surface area contributed by atoms with E-state index in [1.54, 1.807) is 0 Å². The number of nitrogens with zero attached hydrogens (tertiary/aromatic N) is 1. The Labute approximate surface area is 174 Å². The van der Waals surface area contributed by atoms with Crippen LogP contribution < -0.4 is 9.47 Å². The molecule has 1 aromatic rings. The molecule has 0 aromatic heterocycles. The number of hydrogen-bond donors (Lipinski definition) is 1. The zero-order chi connectivity index (χ0) is 21.4. The summed E-state index contributed by atoms with van der Waals surface area (Å²) >= 11 is 0. The molecule has 1 N–H and O–H groups in total. The standard InChI is InChI=1S/C24H35NO4/c1-6-9-19(26)23-18(15-24(4,5)16-20(23)27)25-13-12-17-10-11-21(28-7-2)22(14-17)29-8-3/h10-11,14,26H,6-9,12-13,15-16H2,1-5H3/b23-19+,25-18?. The maximum Gasteiger partial charge on any atom is 0.168 e. The molecule has 0 unspecified atom stereocenters. The summed E-state index contributed by atoms with van der Waals surface area (Å²) in [6.07, 6.45) is 3.19. The van der Waals surface area contributed by atoms with Crippen molar-refractivity contribution in [2.24, 2.45) is 10.4 Å². The lowest BCUT2D eigenvalue weighted by Crippen LogP contribution is -2.33. The van der Waals surface area contributed by atoms with Crippen LogP contribution in [-0.2, 0) is 11.2 Å². The highest BCUT2D eigenvalue weighted by Crippen LogP contribution is 2.36. The van der Waals surface area contributed by atoms with Crippen LogP contribution in [0, 0.1) is 5.41 Å². The number of aliphatic hydroxyl groups excluding tert-OH is 1. The fourth-order valence-corrected chi connectivity index (χ4v) is 3.68. The second-order valence-corrected chi connectivity index (χ2v) is 8.24. The number of hydrogen-bond acceptors (Lipinski definition) is 5. The number of ketones is 1. The van der Waals surface area contributed by atoms with Gasteiger partial charge in [-0.1, -0.05) is 26.8 Å². The average molecular weight is 402 g/mol. The largest absolute Gasteiger partial charge is 0.511 e. The highest BCUT2D eigenvalue weighted by atomic mass is 16.5. The van der Waals surface area contributed by atoms with Crippen molar-refractivity contribution in [3.8, 4) is 11.5 Å². The van der Waals surface area contributed by atoms with Gasteiger partial charge in [0.2, 0.25) is 0 Å². The topological polar surface area (TPSA) is 68.1 Å². The van der Waals surface area contributed by atoms with Crippen LogP contribution in [0.15, 0.2) is 34.5 Å². The first-order chi connectivity index (χ1) is 13.8. The van der Waals surface area contributed by atoms with Gasteiger partial charge in [-0.15, -0.1) is 0 Å². The van der Waals surface area contributed by atoms with Gasteiger partial charge >= 0.3 is 0 Å². The molecule has 1 aromatic carbocycles. The predicted octanol–water partition coefficient (Wildman–Crippen LogP) is 5.47. The number of Topliss-reactive ketones (excluding diaryl/α,β-unsaturated/α-hetero) is 1. The second kappa shape index (κ2) is 10.5. The van der Waals surface area contributed by atoms with E-state index in [0.717, 1.165) is 35.6 Å². The molecule has 0 atom stereocenters. The van der Waals surface area contributed by atoms with Gasteiger partial charge in [0.1, 0.15) is 5.76 Å². The lowest BCUT2D eigenvalue weighted by Gasteiger charge is -2.31. The predicted molar refractivity (Wildman–Crippen MR) is 117 cm³/mol. The van der Waals surface area contributed by atoms with E-state index >= 15 is 0 Å². The summed E-state index contributed by atoms with van der Waals surface area (Å²) in [5.41, 5.74) is 2.17. The summed E-state index contributed by atoms with van der Waals surface area (Å²) in [5.74, 6) is 1.69. The minimum atomic E-state index is -0.132. The Morgan fingerprint density at radius 2 is 1.79 bits per heavy atom. The molecule has 0 radical (unpaired) electrons. The smallest absolute Gasteiger partial charge is 0.168 e. The van der Waals surface area contributed by atoms with Crippen LogP contribution in [0.4, 0.5) is 0 Å². The monoisotopic (exact) mass is 401 g/mol. The number of aliphatic imine (C=N–C) groups is 1. The Kier molecular flexibility index (Phi) is 8.30. The molecule has 1 aliphatic carbocycles. The summed E-state index contributed by atoms with van der Waals surface area (Å²) in [5, 5.41) is 10.4. The molecule has 5 nitrogen and oxygen atoms in total. The molecule has 29 heavy (non-hydrogen) atoms. The van der Waals surface area contributed by atoms with Crippen molar-refractivity contribution in [1.29, 1.82) is 0 Å². The summed E-state index contributed by atoms with van der Waals surface area (Å²) in [6.45, 7) is 11.8. The van der Waals surface area contributed by atoms with Crippen molar-refractivity contribution in [3.63, 3.8) is 0 Å². The summed E-state index contributed by atoms with van der Waals surface area (Å²) < 4.78 is 11.3. The van der Waals surface area contributed by atoms with Gasteiger partial charge in [-0.05, 0) is 56.2 Å². The highest BCUT2D eigenvalue weighted by molar-refractivity contribution is 6.24. The van der Waals surface area contributed by atoms with Gasteiger partial charge in [-0.3, -0.25) is 9.79 Å². The minimum Gasteiger partial charge on any atom is -0.511 e. The summed E-state index contributed by atoms with van der Waals surface area (Å²) in [7, 11) is 0. The first-order valence-corrected chi connectivity index (χ1v) is 10.7. The molecule has 160 valence electrons. The molecule has 5 heteroatoms. The van der Waals surface area contributed by atoms with E-state index in [-0.39, 0.29) is 17.0 Å². The van der Waals surface area contributed by atoms with Gasteiger partial charge < -0.3 is 14.6 Å². The quantitative estimate of drug-likeness (QED) is 0.440. The van der Waals surface area contributed by atoms with E-state index < -0.39 is 0 Å². The first-order valence-electron chi connectivity index (χ1n) is 10.7. The molecule has 0 saturated heterocycles. The third kappa shape index (κ3) is 6.34. The first kappa shape index (κ1) is 23.0. The van der Waals surface area contributed by atoms with Crippen LogP contribution in [0.5, 0.6) is 11.5 Å². The van der Waals surface area contributed by atoms with Crippen LogP contribution in [0.25, 0.3) is 0 Å². The van der Waals surface area contributed by atoms with E-state index in [1.807, 2.05) is 39.0 Å². The molecule has 2 rings (SSSR count). The number of benzene rings is 1. The lowest BCUT2D eigenvalue weighted by molar-refractivity contribution is -0.117. The maximum absolute atomic E-state index is 12.7. The Bertz CT molecular complexity index is 777. The van der Waals surface area contributed by atoms with E-state index in [4.69, 9.17) is 14.5 Å². The molecule has 1 fully saturated rings. The molecule has 0 heterocycles. The van der Waals surface area contributed by atoms with Crippen molar-refractivity contribution < 1.29 is 19.4 Å². The maximum atomic E-state index is 12.7. The van der Waals surface area contributed by atoms with Crippen LogP contribution in [0.1, 0.15) is 65.9 Å². The van der Waals surface area contributed by atoms with Crippen LogP contribution in [-0.4, -0.2) is 36.4 Å². The van der Waals surface area contributed by atoms with Gasteiger partial charge in [0, 0.05) is 25.1 Å². The van der Waals surface area contributed by atoms with Gasteiger partial charge in [0.25, 0.3) is 0 Å². The molecule has 0 spiro atoms. The second-order valence-electron chi connectivity index (χ2n) is 8.24. The van der Waals surface area contributed by atoms with Gasteiger partial charge in [0.05, 0.1) is 18.8 Å². The van der Waals surface area contributed by atoms with Gasteiger partial charge in [0.15, 0.2) is 17.3 Å². The number of aliphatic hydroxyl groups is 1. The Morgan fingerprint density at radius 1 is 1.10 bits per heavy atom. The van der Waals surface area contributed by atoms with Crippen LogP contribution >= 0.6 is 0 Å². The third-order valence-corrected chi connectivity index (χ3v) is 4.94. The number of allylic oxidation sites excluding steroid dienone is 2. The molecule has 0 amide bonds. The zero-order valence-electron chi connectivity index (χ0n) is 18.5. The van der Waals surface area contributed by atoms with E-state index in [1.165, 1.54) is 0 Å². The number of ether oxygens (including phenoxy) is 2. The molecule has 1 saturated carbocycles. The van der Waals surface area contributed by atoms with E-state index in [0.29, 0.717) is 44.6 Å². The molecular formula is C24H35NO4. The van der Waals surface area contributed by atoms with Crippen LogP contribution in [0.2, 0.25) is 0 Å². The van der Waals surface area contributed by atoms with Crippen molar-refractivity contribution in [1.82, 2.24) is 0 Å². The van der Waals surface area contributed by atoms with Crippen molar-refractivity contribution in [2.75, 3.05) is 19.8 Å². The molecule has 1 aliphatic rings. The minimum absolute atomic E-state index is 0.00523. The highest BCUT2D eigenvalue weighted by Gasteiger charge is 2.35. The Morgan fingerprint density at radius 3 is 2.45 bits per heavy atom. The van der Waals surface area contributed by atoms with Gasteiger partial charge in [-0.25, -0.2) is 0 Å². The Hall–Kier alpha value is -2.30. The number of carbonyl (C=O) groups excluding carboxylic acids is 1. The number of carbonyl (C=O) groups is 1.